The molecule has 0 amide bonds. The highest BCUT2D eigenvalue weighted by molar-refractivity contribution is 6.24. The van der Waals surface area contributed by atoms with Gasteiger partial charge < -0.3 is 0 Å². The number of nitrogens with zero attached hydrogens (tertiary/aromatic N) is 4. The minimum atomic E-state index is 0.890. The van der Waals surface area contributed by atoms with E-state index in [2.05, 4.69) is 206 Å². The molecule has 13 rings (SSSR count). The molecule has 0 aliphatic heterocycles. The Morgan fingerprint density at radius 1 is 0.242 bits per heavy atom. The lowest BCUT2D eigenvalue weighted by molar-refractivity contribution is 1.37. The maximum absolute atomic E-state index is 5.35. The quantitative estimate of drug-likeness (QED) is 0.124. The number of hydrogen-bond acceptors (Lipinski definition) is 4. The van der Waals surface area contributed by atoms with Crippen molar-refractivity contribution in [3.8, 4) is 67.0 Å². The Hall–Kier alpha value is -8.86. The second kappa shape index (κ2) is 15.4. The van der Waals surface area contributed by atoms with Crippen molar-refractivity contribution in [2.75, 3.05) is 0 Å². The monoisotopic (exact) mass is 838 g/mol. The van der Waals surface area contributed by atoms with Gasteiger partial charge in [-0.2, -0.15) is 0 Å². The normalized spacial score (nSPS) is 11.6. The molecule has 4 nitrogen and oxygen atoms in total. The summed E-state index contributed by atoms with van der Waals surface area (Å²) in [5.41, 5.74) is 16.8. The Bertz CT molecular complexity index is 3960. The molecule has 306 valence electrons. The first-order valence-electron chi connectivity index (χ1n) is 22.4. The largest absolute Gasteiger partial charge is 0.254 e. The summed E-state index contributed by atoms with van der Waals surface area (Å²) in [6, 6.07) is 77.9. The number of hydrogen-bond donors (Lipinski definition) is 0. The zero-order valence-electron chi connectivity index (χ0n) is 35.7. The number of aromatic nitrogens is 4. The van der Waals surface area contributed by atoms with E-state index in [0.717, 1.165) is 99.5 Å². The highest BCUT2D eigenvalue weighted by Gasteiger charge is 2.21. The molecule has 0 unspecified atom stereocenters. The van der Waals surface area contributed by atoms with Crippen LogP contribution in [0.2, 0.25) is 0 Å². The van der Waals surface area contributed by atoms with Crippen molar-refractivity contribution in [1.29, 1.82) is 0 Å². The molecule has 4 heterocycles. The van der Waals surface area contributed by atoms with Gasteiger partial charge in [0, 0.05) is 45.1 Å². The molecule has 0 fully saturated rings. The van der Waals surface area contributed by atoms with Crippen molar-refractivity contribution < 1.29 is 0 Å². The first-order valence-corrected chi connectivity index (χ1v) is 22.4. The van der Waals surface area contributed by atoms with Crippen molar-refractivity contribution in [1.82, 2.24) is 19.9 Å². The minimum absolute atomic E-state index is 0.890. The number of pyridine rings is 4. The molecule has 0 aliphatic rings. The van der Waals surface area contributed by atoms with E-state index < -0.39 is 0 Å². The van der Waals surface area contributed by atoms with Gasteiger partial charge in [-0.3, -0.25) is 9.97 Å². The molecule has 0 N–H and O–H groups in total. The summed E-state index contributed by atoms with van der Waals surface area (Å²) in [7, 11) is 0. The predicted molar refractivity (Wildman–Crippen MR) is 275 cm³/mol. The second-order valence-electron chi connectivity index (χ2n) is 16.9. The van der Waals surface area contributed by atoms with Gasteiger partial charge in [0.15, 0.2) is 0 Å². The summed E-state index contributed by atoms with van der Waals surface area (Å²) in [6.07, 6.45) is 3.78. The van der Waals surface area contributed by atoms with E-state index in [9.17, 15) is 0 Å². The summed E-state index contributed by atoms with van der Waals surface area (Å²) in [6.45, 7) is 0. The van der Waals surface area contributed by atoms with Gasteiger partial charge >= 0.3 is 0 Å². The molecule has 0 aliphatic carbocycles. The molecule has 9 aromatic carbocycles. The summed E-state index contributed by atoms with van der Waals surface area (Å²) < 4.78 is 0. The van der Waals surface area contributed by atoms with Crippen molar-refractivity contribution in [2.24, 2.45) is 0 Å². The molecule has 0 saturated heterocycles. The van der Waals surface area contributed by atoms with Crippen LogP contribution in [0.4, 0.5) is 0 Å². The molecule has 0 saturated carbocycles. The Morgan fingerprint density at radius 3 is 1.32 bits per heavy atom. The maximum Gasteiger partial charge on any atom is 0.0978 e. The Kier molecular flexibility index (Phi) is 8.81. The fourth-order valence-electron chi connectivity index (χ4n) is 10.1. The van der Waals surface area contributed by atoms with Gasteiger partial charge in [0.25, 0.3) is 0 Å². The zero-order chi connectivity index (χ0) is 43.6. The van der Waals surface area contributed by atoms with E-state index >= 15 is 0 Å². The first kappa shape index (κ1) is 37.7. The van der Waals surface area contributed by atoms with Gasteiger partial charge in [0.05, 0.1) is 33.5 Å². The van der Waals surface area contributed by atoms with Crippen LogP contribution in [-0.4, -0.2) is 19.9 Å². The topological polar surface area (TPSA) is 51.6 Å². The lowest BCUT2D eigenvalue weighted by Gasteiger charge is -2.20. The Balaban J connectivity index is 1.02. The van der Waals surface area contributed by atoms with E-state index in [0.29, 0.717) is 0 Å². The second-order valence-corrected chi connectivity index (χ2v) is 16.9. The van der Waals surface area contributed by atoms with Gasteiger partial charge in [-0.1, -0.05) is 194 Å². The molecule has 13 aromatic rings. The summed E-state index contributed by atoms with van der Waals surface area (Å²) in [5, 5.41) is 9.05. The van der Waals surface area contributed by atoms with Gasteiger partial charge in [0.1, 0.15) is 0 Å². The van der Waals surface area contributed by atoms with Gasteiger partial charge in [-0.25, -0.2) is 9.97 Å². The predicted octanol–water partition coefficient (Wildman–Crippen LogP) is 16.2. The van der Waals surface area contributed by atoms with Gasteiger partial charge in [0.2, 0.25) is 0 Å². The molecule has 4 aromatic heterocycles. The zero-order valence-corrected chi connectivity index (χ0v) is 35.7. The number of benzene rings is 9. The Morgan fingerprint density at radius 2 is 0.697 bits per heavy atom. The van der Waals surface area contributed by atoms with Crippen LogP contribution in [0.15, 0.2) is 231 Å². The van der Waals surface area contributed by atoms with Crippen LogP contribution in [0.5, 0.6) is 0 Å². The molecule has 0 spiro atoms. The smallest absolute Gasteiger partial charge is 0.0978 e. The lowest BCUT2D eigenvalue weighted by Crippen LogP contribution is -1.95. The van der Waals surface area contributed by atoms with E-state index in [1.807, 2.05) is 24.5 Å². The molecule has 0 radical (unpaired) electrons. The van der Waals surface area contributed by atoms with E-state index in [1.54, 1.807) is 0 Å². The third-order valence-corrected chi connectivity index (χ3v) is 13.2. The van der Waals surface area contributed by atoms with Gasteiger partial charge in [-0.05, 0) is 90.3 Å². The molecular weight excluding hydrogens is 801 g/mol. The van der Waals surface area contributed by atoms with Crippen LogP contribution in [0.1, 0.15) is 0 Å². The van der Waals surface area contributed by atoms with Crippen LogP contribution in [0.25, 0.3) is 132 Å². The van der Waals surface area contributed by atoms with E-state index in [1.165, 1.54) is 32.7 Å². The van der Waals surface area contributed by atoms with Gasteiger partial charge in [-0.15, -0.1) is 0 Å². The van der Waals surface area contributed by atoms with E-state index in [-0.39, 0.29) is 0 Å². The number of rotatable bonds is 6. The van der Waals surface area contributed by atoms with Crippen molar-refractivity contribution in [3.05, 3.63) is 231 Å². The third-order valence-electron chi connectivity index (χ3n) is 13.2. The number of fused-ring (bicyclic) bond motifs is 8. The highest BCUT2D eigenvalue weighted by atomic mass is 14.8. The summed E-state index contributed by atoms with van der Waals surface area (Å²) >= 11 is 0. The summed E-state index contributed by atoms with van der Waals surface area (Å²) in [4.78, 5) is 20.5. The van der Waals surface area contributed by atoms with Crippen LogP contribution in [-0.2, 0) is 0 Å². The van der Waals surface area contributed by atoms with Crippen LogP contribution >= 0.6 is 0 Å². The van der Waals surface area contributed by atoms with Crippen molar-refractivity contribution in [3.63, 3.8) is 0 Å². The average molecular weight is 839 g/mol. The fraction of sp³-hybridized carbons (Fsp3) is 0. The van der Waals surface area contributed by atoms with E-state index in [4.69, 9.17) is 19.9 Å². The third kappa shape index (κ3) is 6.15. The van der Waals surface area contributed by atoms with Crippen LogP contribution < -0.4 is 0 Å². The molecule has 0 bridgehead atoms. The van der Waals surface area contributed by atoms with Crippen LogP contribution in [0, 0.1) is 0 Å². The molecule has 0 atom stereocenters. The van der Waals surface area contributed by atoms with Crippen molar-refractivity contribution in [2.45, 2.75) is 0 Å². The molecular formula is C62H38N4. The average Bonchev–Trinajstić information content (AvgIpc) is 3.40. The molecule has 4 heteroatoms. The SMILES string of the molecule is c1ccc(-c2cc(-c3c4ccccc4c(-c4ccc(-c5cc(-c6ccccc6)nc6c5ccc5c(-c7ccccc7)ccnc56)cc4)c4ccccc34)c3ccc4cccnc4c3n2)cc1. The minimum Gasteiger partial charge on any atom is -0.254 e. The van der Waals surface area contributed by atoms with Crippen molar-refractivity contribution >= 4 is 65.2 Å². The fourth-order valence-corrected chi connectivity index (χ4v) is 10.1. The Labute approximate surface area is 381 Å². The highest BCUT2D eigenvalue weighted by Crippen LogP contribution is 2.47. The first-order chi connectivity index (χ1) is 32.7. The standard InChI is InChI=1S/C62H38N4/c1-4-15-39(16-5-1)45-34-36-64-60-50(45)32-33-51-53(37-55(66-62(51)60)41-17-6-2-7-18-41)40-26-28-43(29-27-40)57-46-22-10-12-24-48(46)58(49-25-13-11-23-47(49)57)54-38-56(42-19-8-3-9-20-42)65-61-52(54)31-30-44-21-14-35-63-59(44)61/h1-38H. The summed E-state index contributed by atoms with van der Waals surface area (Å²) in [5.74, 6) is 0. The molecule has 66 heavy (non-hydrogen) atoms. The maximum atomic E-state index is 5.35. The lowest BCUT2D eigenvalue weighted by atomic mass is 9.84. The van der Waals surface area contributed by atoms with Crippen LogP contribution in [0.3, 0.4) is 0 Å².